The van der Waals surface area contributed by atoms with Gasteiger partial charge in [0.05, 0.1) is 12.8 Å². The van der Waals surface area contributed by atoms with Crippen molar-refractivity contribution in [1.82, 2.24) is 14.9 Å². The molecule has 2 aromatic heterocycles. The fourth-order valence-corrected chi connectivity index (χ4v) is 3.88. The lowest BCUT2D eigenvalue weighted by molar-refractivity contribution is 0.200. The van der Waals surface area contributed by atoms with Crippen LogP contribution in [0.4, 0.5) is 23.2 Å². The van der Waals surface area contributed by atoms with Crippen molar-refractivity contribution in [3.05, 3.63) is 46.5 Å². The molecule has 29 heavy (non-hydrogen) atoms. The number of likely N-dealkylation sites (tertiary alicyclic amines) is 1. The van der Waals surface area contributed by atoms with Crippen LogP contribution in [-0.2, 0) is 6.54 Å². The Morgan fingerprint density at radius 2 is 1.69 bits per heavy atom. The monoisotopic (exact) mass is 412 g/mol. The van der Waals surface area contributed by atoms with Gasteiger partial charge in [0, 0.05) is 50.0 Å². The van der Waals surface area contributed by atoms with E-state index in [1.54, 1.807) is 13.3 Å². The highest BCUT2D eigenvalue weighted by Gasteiger charge is 2.30. The molecular weight excluding hydrogens is 388 g/mol. The van der Waals surface area contributed by atoms with Crippen LogP contribution in [0.1, 0.15) is 29.7 Å². The average Bonchev–Trinajstić information content (AvgIpc) is 2.70. The standard InChI is InChI=1S/C20H24F4N4O/c1-11-9-25-14(12(2)18(11)29-4)10-28-7-5-13(6-8-28)27(3)17-15(21)19(23)26-20(24)16(17)22/h9,13H,5-8,10H2,1-4H3. The number of rotatable bonds is 5. The van der Waals surface area contributed by atoms with Crippen molar-refractivity contribution in [1.29, 1.82) is 0 Å². The van der Waals surface area contributed by atoms with E-state index in [1.165, 1.54) is 11.9 Å². The summed E-state index contributed by atoms with van der Waals surface area (Å²) < 4.78 is 60.4. The molecule has 0 unspecified atom stereocenters. The zero-order valence-corrected chi connectivity index (χ0v) is 16.9. The Morgan fingerprint density at radius 1 is 1.10 bits per heavy atom. The highest BCUT2D eigenvalue weighted by atomic mass is 19.2. The molecule has 1 saturated heterocycles. The summed E-state index contributed by atoms with van der Waals surface area (Å²) in [6, 6.07) is -0.252. The van der Waals surface area contributed by atoms with Crippen LogP contribution in [-0.4, -0.2) is 48.2 Å². The molecule has 1 aliphatic rings. The summed E-state index contributed by atoms with van der Waals surface area (Å²) in [4.78, 5) is 10.6. The number of ether oxygens (including phenoxy) is 1. The molecule has 0 spiro atoms. The van der Waals surface area contributed by atoms with Gasteiger partial charge in [-0.1, -0.05) is 0 Å². The van der Waals surface area contributed by atoms with E-state index in [-0.39, 0.29) is 6.04 Å². The molecule has 9 heteroatoms. The predicted octanol–water partition coefficient (Wildman–Crippen LogP) is 3.76. The van der Waals surface area contributed by atoms with Gasteiger partial charge in [-0.25, -0.2) is 0 Å². The number of hydrogen-bond acceptors (Lipinski definition) is 5. The molecule has 0 N–H and O–H groups in total. The molecule has 0 atom stereocenters. The number of pyridine rings is 2. The molecule has 1 aliphatic heterocycles. The van der Waals surface area contributed by atoms with E-state index in [9.17, 15) is 17.6 Å². The highest BCUT2D eigenvalue weighted by molar-refractivity contribution is 5.49. The third kappa shape index (κ3) is 4.14. The molecule has 5 nitrogen and oxygen atoms in total. The van der Waals surface area contributed by atoms with Gasteiger partial charge in [0.25, 0.3) is 11.9 Å². The van der Waals surface area contributed by atoms with Gasteiger partial charge in [-0.15, -0.1) is 0 Å². The number of methoxy groups -OCH3 is 1. The lowest BCUT2D eigenvalue weighted by Gasteiger charge is -2.38. The number of anilines is 1. The second kappa shape index (κ2) is 8.52. The summed E-state index contributed by atoms with van der Waals surface area (Å²) in [5.74, 6) is -5.41. The molecule has 0 radical (unpaired) electrons. The van der Waals surface area contributed by atoms with E-state index in [1.807, 2.05) is 13.8 Å². The minimum atomic E-state index is -1.64. The Labute approximate surface area is 167 Å². The van der Waals surface area contributed by atoms with Gasteiger partial charge in [0.1, 0.15) is 11.4 Å². The maximum Gasteiger partial charge on any atom is 0.253 e. The summed E-state index contributed by atoms with van der Waals surface area (Å²) >= 11 is 0. The van der Waals surface area contributed by atoms with E-state index in [2.05, 4.69) is 14.9 Å². The van der Waals surface area contributed by atoms with Crippen LogP contribution in [0.3, 0.4) is 0 Å². The fraction of sp³-hybridized carbons (Fsp3) is 0.500. The molecule has 158 valence electrons. The van der Waals surface area contributed by atoms with E-state index in [0.717, 1.165) is 22.6 Å². The SMILES string of the molecule is COc1c(C)cnc(CN2CCC(N(C)c3c(F)c(F)nc(F)c3F)CC2)c1C. The highest BCUT2D eigenvalue weighted by Crippen LogP contribution is 2.30. The molecule has 0 saturated carbocycles. The summed E-state index contributed by atoms with van der Waals surface area (Å²) in [6.45, 7) is 5.84. The van der Waals surface area contributed by atoms with Crippen molar-refractivity contribution in [2.75, 3.05) is 32.1 Å². The molecular formula is C20H24F4N4O. The molecule has 2 aromatic rings. The topological polar surface area (TPSA) is 41.5 Å². The second-order valence-corrected chi connectivity index (χ2v) is 7.33. The summed E-state index contributed by atoms with van der Waals surface area (Å²) in [6.07, 6.45) is 2.95. The number of aryl methyl sites for hydroxylation is 1. The minimum Gasteiger partial charge on any atom is -0.496 e. The molecule has 3 heterocycles. The largest absolute Gasteiger partial charge is 0.496 e. The van der Waals surface area contributed by atoms with Gasteiger partial charge in [0.2, 0.25) is 11.6 Å². The van der Waals surface area contributed by atoms with Gasteiger partial charge in [-0.2, -0.15) is 22.5 Å². The van der Waals surface area contributed by atoms with Crippen LogP contribution in [0, 0.1) is 37.4 Å². The second-order valence-electron chi connectivity index (χ2n) is 7.33. The first-order valence-electron chi connectivity index (χ1n) is 9.38. The van der Waals surface area contributed by atoms with Crippen molar-refractivity contribution >= 4 is 5.69 Å². The normalized spacial score (nSPS) is 15.6. The van der Waals surface area contributed by atoms with Gasteiger partial charge in [0.15, 0.2) is 0 Å². The van der Waals surface area contributed by atoms with Crippen molar-refractivity contribution in [2.24, 2.45) is 0 Å². The third-order valence-corrected chi connectivity index (χ3v) is 5.56. The Bertz CT molecular complexity index is 875. The van der Waals surface area contributed by atoms with Crippen molar-refractivity contribution < 1.29 is 22.3 Å². The first-order chi connectivity index (χ1) is 13.7. The third-order valence-electron chi connectivity index (χ3n) is 5.56. The number of hydrogen-bond donors (Lipinski definition) is 0. The predicted molar refractivity (Wildman–Crippen MR) is 101 cm³/mol. The minimum absolute atomic E-state index is 0.252. The van der Waals surface area contributed by atoms with Crippen LogP contribution in [0.25, 0.3) is 0 Å². The number of aromatic nitrogens is 2. The number of halogens is 4. The van der Waals surface area contributed by atoms with Crippen LogP contribution >= 0.6 is 0 Å². The van der Waals surface area contributed by atoms with Crippen molar-refractivity contribution in [3.63, 3.8) is 0 Å². The quantitative estimate of drug-likeness (QED) is 0.553. The maximum absolute atomic E-state index is 14.0. The van der Waals surface area contributed by atoms with E-state index in [4.69, 9.17) is 4.74 Å². The van der Waals surface area contributed by atoms with Crippen LogP contribution in [0.15, 0.2) is 6.20 Å². The van der Waals surface area contributed by atoms with E-state index in [0.29, 0.717) is 32.5 Å². The Balaban J connectivity index is 1.69. The fourth-order valence-electron chi connectivity index (χ4n) is 3.88. The molecule has 0 amide bonds. The van der Waals surface area contributed by atoms with Crippen LogP contribution in [0.2, 0.25) is 0 Å². The van der Waals surface area contributed by atoms with E-state index < -0.39 is 29.2 Å². The molecule has 0 aliphatic carbocycles. The Kier molecular flexibility index (Phi) is 6.26. The molecule has 1 fully saturated rings. The van der Waals surface area contributed by atoms with Gasteiger partial charge in [-0.05, 0) is 26.7 Å². The first kappa shape index (κ1) is 21.3. The molecule has 0 aromatic carbocycles. The first-order valence-corrected chi connectivity index (χ1v) is 9.38. The van der Waals surface area contributed by atoms with Gasteiger partial charge < -0.3 is 9.64 Å². The number of nitrogens with zero attached hydrogens (tertiary/aromatic N) is 4. The Morgan fingerprint density at radius 3 is 2.24 bits per heavy atom. The summed E-state index contributed by atoms with van der Waals surface area (Å²) in [5, 5.41) is 0. The summed E-state index contributed by atoms with van der Waals surface area (Å²) in [7, 11) is 3.07. The zero-order chi connectivity index (χ0) is 21.3. The van der Waals surface area contributed by atoms with Crippen molar-refractivity contribution in [3.8, 4) is 5.75 Å². The maximum atomic E-state index is 14.0. The zero-order valence-electron chi connectivity index (χ0n) is 16.9. The molecule has 0 bridgehead atoms. The van der Waals surface area contributed by atoms with Crippen molar-refractivity contribution in [2.45, 2.75) is 39.3 Å². The Hall–Kier alpha value is -2.42. The van der Waals surface area contributed by atoms with Crippen LogP contribution < -0.4 is 9.64 Å². The molecule has 3 rings (SSSR count). The van der Waals surface area contributed by atoms with E-state index >= 15 is 0 Å². The summed E-state index contributed by atoms with van der Waals surface area (Å²) in [5.41, 5.74) is 2.15. The van der Waals surface area contributed by atoms with Gasteiger partial charge in [-0.3, -0.25) is 9.88 Å². The average molecular weight is 412 g/mol. The van der Waals surface area contributed by atoms with Gasteiger partial charge >= 0.3 is 0 Å². The smallest absolute Gasteiger partial charge is 0.253 e. The lowest BCUT2D eigenvalue weighted by atomic mass is 10.0. The lowest BCUT2D eigenvalue weighted by Crippen LogP contribution is -2.44. The number of piperidine rings is 1. The van der Waals surface area contributed by atoms with Crippen LogP contribution in [0.5, 0.6) is 5.75 Å².